The van der Waals surface area contributed by atoms with Crippen molar-refractivity contribution in [3.05, 3.63) is 59.7 Å². The highest BCUT2D eigenvalue weighted by Crippen LogP contribution is 2.04. The molecule has 2 heterocycles. The Balaban J connectivity index is 1.82. The smallest absolute Gasteiger partial charge is 0.0544 e. The van der Waals surface area contributed by atoms with Crippen molar-refractivity contribution in [2.45, 2.75) is 19.9 Å². The van der Waals surface area contributed by atoms with E-state index >= 15 is 0 Å². The van der Waals surface area contributed by atoms with Crippen LogP contribution in [0.25, 0.3) is 0 Å². The Morgan fingerprint density at radius 2 is 1.89 bits per heavy atom. The van der Waals surface area contributed by atoms with Crippen LogP contribution < -0.4 is 0 Å². The molecule has 0 unspecified atom stereocenters. The Hall–Kier alpha value is -1.74. The molecule has 0 fully saturated rings. The number of likely N-dealkylation sites (N-methyl/N-ethyl adjacent to an activating group) is 1. The minimum Gasteiger partial charge on any atom is -0.300 e. The molecule has 0 saturated heterocycles. The summed E-state index contributed by atoms with van der Waals surface area (Å²) in [5.74, 6) is 0. The number of aromatic nitrogens is 2. The lowest BCUT2D eigenvalue weighted by Crippen LogP contribution is -2.21. The molecule has 0 amide bonds. The van der Waals surface area contributed by atoms with Gasteiger partial charge in [0.05, 0.1) is 5.69 Å². The predicted octanol–water partition coefficient (Wildman–Crippen LogP) is 2.46. The van der Waals surface area contributed by atoms with E-state index in [1.807, 2.05) is 18.6 Å². The second-order valence-corrected chi connectivity index (χ2v) is 4.67. The molecule has 0 aliphatic carbocycles. The molecule has 0 saturated carbocycles. The highest BCUT2D eigenvalue weighted by molar-refractivity contribution is 5.12. The van der Waals surface area contributed by atoms with Gasteiger partial charge in [-0.3, -0.25) is 9.97 Å². The topological polar surface area (TPSA) is 29.0 Å². The standard InChI is InChI=1S/C15H19N3/c1-13-3-4-15(17-11-13)12-18(2)10-7-14-5-8-16-9-6-14/h3-6,8-9,11H,7,10,12H2,1-2H3. The Morgan fingerprint density at radius 3 is 2.56 bits per heavy atom. The van der Waals surface area contributed by atoms with Crippen molar-refractivity contribution < 1.29 is 0 Å². The number of hydrogen-bond donors (Lipinski definition) is 0. The Bertz CT molecular complexity index is 465. The summed E-state index contributed by atoms with van der Waals surface area (Å²) in [7, 11) is 2.13. The van der Waals surface area contributed by atoms with Gasteiger partial charge in [-0.05, 0) is 49.7 Å². The van der Waals surface area contributed by atoms with Crippen LogP contribution in [0.15, 0.2) is 42.9 Å². The average Bonchev–Trinajstić information content (AvgIpc) is 2.40. The molecular formula is C15H19N3. The molecular weight excluding hydrogens is 222 g/mol. The first-order chi connectivity index (χ1) is 8.74. The summed E-state index contributed by atoms with van der Waals surface area (Å²) in [5, 5.41) is 0. The van der Waals surface area contributed by atoms with Crippen LogP contribution >= 0.6 is 0 Å². The number of rotatable bonds is 5. The SMILES string of the molecule is Cc1ccc(CN(C)CCc2ccncc2)nc1. The molecule has 0 atom stereocenters. The monoisotopic (exact) mass is 241 g/mol. The Morgan fingerprint density at radius 1 is 1.11 bits per heavy atom. The predicted molar refractivity (Wildman–Crippen MR) is 73.2 cm³/mol. The van der Waals surface area contributed by atoms with Crippen molar-refractivity contribution in [1.82, 2.24) is 14.9 Å². The van der Waals surface area contributed by atoms with E-state index in [-0.39, 0.29) is 0 Å². The maximum atomic E-state index is 4.42. The van der Waals surface area contributed by atoms with Crippen molar-refractivity contribution in [1.29, 1.82) is 0 Å². The Labute approximate surface area is 109 Å². The summed E-state index contributed by atoms with van der Waals surface area (Å²) in [6.07, 6.45) is 6.66. The first-order valence-electron chi connectivity index (χ1n) is 6.23. The average molecular weight is 241 g/mol. The number of pyridine rings is 2. The third kappa shape index (κ3) is 3.93. The molecule has 0 bridgehead atoms. The van der Waals surface area contributed by atoms with Gasteiger partial charge in [-0.25, -0.2) is 0 Å². The van der Waals surface area contributed by atoms with Gasteiger partial charge in [0, 0.05) is 31.7 Å². The van der Waals surface area contributed by atoms with Crippen molar-refractivity contribution in [2.75, 3.05) is 13.6 Å². The third-order valence-corrected chi connectivity index (χ3v) is 2.94. The second-order valence-electron chi connectivity index (χ2n) is 4.67. The van der Waals surface area contributed by atoms with Crippen molar-refractivity contribution in [2.24, 2.45) is 0 Å². The second kappa shape index (κ2) is 6.26. The summed E-state index contributed by atoms with van der Waals surface area (Å²) in [4.78, 5) is 10.7. The van der Waals surface area contributed by atoms with Crippen LogP contribution in [-0.2, 0) is 13.0 Å². The van der Waals surface area contributed by atoms with Crippen LogP contribution in [0.5, 0.6) is 0 Å². The van der Waals surface area contributed by atoms with Crippen LogP contribution in [0, 0.1) is 6.92 Å². The minimum atomic E-state index is 0.894. The summed E-state index contributed by atoms with van der Waals surface area (Å²) in [6, 6.07) is 8.34. The highest BCUT2D eigenvalue weighted by atomic mass is 15.1. The molecule has 0 aromatic carbocycles. The number of aryl methyl sites for hydroxylation is 1. The van der Waals surface area contributed by atoms with E-state index in [0.717, 1.165) is 25.2 Å². The molecule has 18 heavy (non-hydrogen) atoms. The molecule has 2 aromatic rings. The fraction of sp³-hybridized carbons (Fsp3) is 0.333. The molecule has 0 aliphatic heterocycles. The highest BCUT2D eigenvalue weighted by Gasteiger charge is 2.02. The van der Waals surface area contributed by atoms with Gasteiger partial charge in [-0.1, -0.05) is 6.07 Å². The van der Waals surface area contributed by atoms with Crippen molar-refractivity contribution in [3.8, 4) is 0 Å². The van der Waals surface area contributed by atoms with Crippen LogP contribution in [-0.4, -0.2) is 28.5 Å². The molecule has 2 rings (SSSR count). The molecule has 3 nitrogen and oxygen atoms in total. The first kappa shape index (κ1) is 12.7. The lowest BCUT2D eigenvalue weighted by Gasteiger charge is -2.16. The van der Waals surface area contributed by atoms with Gasteiger partial charge < -0.3 is 4.90 Å². The fourth-order valence-electron chi connectivity index (χ4n) is 1.82. The van der Waals surface area contributed by atoms with E-state index in [9.17, 15) is 0 Å². The van der Waals surface area contributed by atoms with E-state index < -0.39 is 0 Å². The summed E-state index contributed by atoms with van der Waals surface area (Å²) in [5.41, 5.74) is 3.66. The van der Waals surface area contributed by atoms with Gasteiger partial charge in [0.1, 0.15) is 0 Å². The molecule has 0 aliphatic rings. The Kier molecular flexibility index (Phi) is 4.42. The van der Waals surface area contributed by atoms with E-state index in [2.05, 4.69) is 53.1 Å². The van der Waals surface area contributed by atoms with E-state index in [1.54, 1.807) is 0 Å². The van der Waals surface area contributed by atoms with Crippen LogP contribution in [0.2, 0.25) is 0 Å². The van der Waals surface area contributed by atoms with Crippen molar-refractivity contribution in [3.63, 3.8) is 0 Å². The summed E-state index contributed by atoms with van der Waals surface area (Å²) in [6.45, 7) is 3.98. The van der Waals surface area contributed by atoms with Gasteiger partial charge in [-0.2, -0.15) is 0 Å². The zero-order valence-corrected chi connectivity index (χ0v) is 11.0. The van der Waals surface area contributed by atoms with Gasteiger partial charge in [0.25, 0.3) is 0 Å². The maximum Gasteiger partial charge on any atom is 0.0544 e. The zero-order valence-electron chi connectivity index (χ0n) is 11.0. The van der Waals surface area contributed by atoms with Crippen LogP contribution in [0.1, 0.15) is 16.8 Å². The molecule has 0 radical (unpaired) electrons. The minimum absolute atomic E-state index is 0.894. The fourth-order valence-corrected chi connectivity index (χ4v) is 1.82. The summed E-state index contributed by atoms with van der Waals surface area (Å²) < 4.78 is 0. The zero-order chi connectivity index (χ0) is 12.8. The van der Waals surface area contributed by atoms with E-state index in [1.165, 1.54) is 11.1 Å². The molecule has 0 spiro atoms. The third-order valence-electron chi connectivity index (χ3n) is 2.94. The number of hydrogen-bond acceptors (Lipinski definition) is 3. The summed E-state index contributed by atoms with van der Waals surface area (Å²) >= 11 is 0. The largest absolute Gasteiger partial charge is 0.300 e. The van der Waals surface area contributed by atoms with Crippen molar-refractivity contribution >= 4 is 0 Å². The lowest BCUT2D eigenvalue weighted by molar-refractivity contribution is 0.327. The number of nitrogens with zero attached hydrogens (tertiary/aromatic N) is 3. The van der Waals surface area contributed by atoms with Gasteiger partial charge >= 0.3 is 0 Å². The molecule has 3 heteroatoms. The van der Waals surface area contributed by atoms with Crippen LogP contribution in [0.3, 0.4) is 0 Å². The van der Waals surface area contributed by atoms with E-state index in [0.29, 0.717) is 0 Å². The van der Waals surface area contributed by atoms with Gasteiger partial charge in [-0.15, -0.1) is 0 Å². The molecule has 94 valence electrons. The quantitative estimate of drug-likeness (QED) is 0.805. The lowest BCUT2D eigenvalue weighted by atomic mass is 10.2. The maximum absolute atomic E-state index is 4.42. The van der Waals surface area contributed by atoms with Crippen LogP contribution in [0.4, 0.5) is 0 Å². The van der Waals surface area contributed by atoms with Gasteiger partial charge in [0.15, 0.2) is 0 Å². The van der Waals surface area contributed by atoms with E-state index in [4.69, 9.17) is 0 Å². The normalized spacial score (nSPS) is 10.8. The van der Waals surface area contributed by atoms with Gasteiger partial charge in [0.2, 0.25) is 0 Å². The first-order valence-corrected chi connectivity index (χ1v) is 6.23. The molecule has 2 aromatic heterocycles. The molecule has 0 N–H and O–H groups in total.